The quantitative estimate of drug-likeness (QED) is 0.700. The van der Waals surface area contributed by atoms with Gasteiger partial charge in [-0.1, -0.05) is 6.07 Å². The highest BCUT2D eigenvalue weighted by Gasteiger charge is 2.20. The van der Waals surface area contributed by atoms with Gasteiger partial charge in [-0.25, -0.2) is 0 Å². The van der Waals surface area contributed by atoms with Crippen molar-refractivity contribution >= 4 is 28.9 Å². The number of aryl methyl sites for hydroxylation is 2. The second-order valence-corrected chi connectivity index (χ2v) is 8.43. The van der Waals surface area contributed by atoms with Crippen LogP contribution >= 0.6 is 0 Å². The summed E-state index contributed by atoms with van der Waals surface area (Å²) < 4.78 is 11.0. The fraction of sp³-hybridized carbons (Fsp3) is 0.440. The highest BCUT2D eigenvalue weighted by molar-refractivity contribution is 6.01. The van der Waals surface area contributed by atoms with E-state index >= 15 is 0 Å². The van der Waals surface area contributed by atoms with Gasteiger partial charge in [-0.3, -0.25) is 9.59 Å². The van der Waals surface area contributed by atoms with Crippen LogP contribution in [0, 0.1) is 13.8 Å². The molecule has 2 aliphatic heterocycles. The lowest BCUT2D eigenvalue weighted by atomic mass is 10.1. The van der Waals surface area contributed by atoms with Gasteiger partial charge in [-0.05, 0) is 55.3 Å². The van der Waals surface area contributed by atoms with E-state index < -0.39 is 0 Å². The number of carbonyl (C=O) groups is 2. The molecule has 2 amide bonds. The Morgan fingerprint density at radius 2 is 1.52 bits per heavy atom. The first-order valence-corrected chi connectivity index (χ1v) is 11.5. The monoisotopic (exact) mass is 452 g/mol. The smallest absolute Gasteiger partial charge is 0.251 e. The van der Waals surface area contributed by atoms with Crippen LogP contribution < -0.4 is 20.4 Å². The van der Waals surface area contributed by atoms with Crippen LogP contribution in [0.15, 0.2) is 36.4 Å². The normalized spacial score (nSPS) is 16.4. The number of nitrogens with zero attached hydrogens (tertiary/aromatic N) is 2. The SMILES string of the molecule is Cc1ccc(C(=O)NCC(=O)Nc2ccc(N3CCOCC3)cc2N2CCOCC2)cc1C. The van der Waals surface area contributed by atoms with Crippen LogP contribution in [0.25, 0.3) is 0 Å². The molecule has 2 N–H and O–H groups in total. The minimum Gasteiger partial charge on any atom is -0.378 e. The first-order chi connectivity index (χ1) is 16.0. The molecular formula is C25H32N4O4. The highest BCUT2D eigenvalue weighted by atomic mass is 16.5. The van der Waals surface area contributed by atoms with Crippen LogP contribution in [-0.2, 0) is 14.3 Å². The minimum absolute atomic E-state index is 0.0977. The Morgan fingerprint density at radius 1 is 0.848 bits per heavy atom. The zero-order valence-corrected chi connectivity index (χ0v) is 19.4. The maximum Gasteiger partial charge on any atom is 0.251 e. The Morgan fingerprint density at radius 3 is 2.18 bits per heavy atom. The highest BCUT2D eigenvalue weighted by Crippen LogP contribution is 2.32. The Hall–Kier alpha value is -3.10. The van der Waals surface area contributed by atoms with Crippen molar-refractivity contribution in [1.29, 1.82) is 0 Å². The summed E-state index contributed by atoms with van der Waals surface area (Å²) in [6.45, 7) is 9.82. The fourth-order valence-corrected chi connectivity index (χ4v) is 4.05. The molecule has 0 bridgehead atoms. The molecular weight excluding hydrogens is 420 g/mol. The van der Waals surface area contributed by atoms with Crippen LogP contribution in [-0.4, -0.2) is 71.0 Å². The topological polar surface area (TPSA) is 83.1 Å². The van der Waals surface area contributed by atoms with Gasteiger partial charge in [-0.15, -0.1) is 0 Å². The van der Waals surface area contributed by atoms with Crippen LogP contribution in [0.2, 0.25) is 0 Å². The molecule has 0 aliphatic carbocycles. The molecule has 2 aliphatic rings. The molecule has 0 saturated carbocycles. The molecule has 0 unspecified atom stereocenters. The minimum atomic E-state index is -0.263. The lowest BCUT2D eigenvalue weighted by molar-refractivity contribution is -0.115. The van der Waals surface area contributed by atoms with Gasteiger partial charge in [-0.2, -0.15) is 0 Å². The molecule has 0 spiro atoms. The predicted octanol–water partition coefficient (Wildman–Crippen LogP) is 2.35. The largest absolute Gasteiger partial charge is 0.378 e. The van der Waals surface area contributed by atoms with Gasteiger partial charge in [0.05, 0.1) is 44.3 Å². The first kappa shape index (κ1) is 23.1. The van der Waals surface area contributed by atoms with Crippen molar-refractivity contribution in [3.63, 3.8) is 0 Å². The molecule has 0 radical (unpaired) electrons. The van der Waals surface area contributed by atoms with Gasteiger partial charge in [0.15, 0.2) is 0 Å². The van der Waals surface area contributed by atoms with Crippen LogP contribution in [0.3, 0.4) is 0 Å². The summed E-state index contributed by atoms with van der Waals surface area (Å²) in [7, 11) is 0. The van der Waals surface area contributed by atoms with Crippen LogP contribution in [0.5, 0.6) is 0 Å². The fourth-order valence-electron chi connectivity index (χ4n) is 4.05. The average molecular weight is 453 g/mol. The number of morpholine rings is 2. The summed E-state index contributed by atoms with van der Waals surface area (Å²) in [5.41, 5.74) is 5.54. The Balaban J connectivity index is 1.44. The van der Waals surface area contributed by atoms with E-state index in [2.05, 4.69) is 26.5 Å². The third-order valence-corrected chi connectivity index (χ3v) is 6.16. The number of anilines is 3. The van der Waals surface area contributed by atoms with Gasteiger partial charge in [0.25, 0.3) is 5.91 Å². The molecule has 2 aromatic carbocycles. The summed E-state index contributed by atoms with van der Waals surface area (Å²) in [6, 6.07) is 11.6. The van der Waals surface area contributed by atoms with E-state index in [0.29, 0.717) is 32.0 Å². The number of hydrogen-bond acceptors (Lipinski definition) is 6. The molecule has 2 saturated heterocycles. The first-order valence-electron chi connectivity index (χ1n) is 11.5. The van der Waals surface area contributed by atoms with Crippen molar-refractivity contribution in [3.05, 3.63) is 53.1 Å². The van der Waals surface area contributed by atoms with Crippen LogP contribution in [0.1, 0.15) is 21.5 Å². The van der Waals surface area contributed by atoms with Crippen molar-refractivity contribution in [3.8, 4) is 0 Å². The number of ether oxygens (including phenoxy) is 2. The molecule has 0 aromatic heterocycles. The maximum absolute atomic E-state index is 12.7. The third-order valence-electron chi connectivity index (χ3n) is 6.16. The van der Waals surface area contributed by atoms with Gasteiger partial charge >= 0.3 is 0 Å². The van der Waals surface area contributed by atoms with Gasteiger partial charge in [0.2, 0.25) is 5.91 Å². The van der Waals surface area contributed by atoms with Gasteiger partial charge < -0.3 is 29.9 Å². The summed E-state index contributed by atoms with van der Waals surface area (Å²) in [5, 5.41) is 5.71. The Bertz CT molecular complexity index is 998. The van der Waals surface area contributed by atoms with E-state index in [1.54, 1.807) is 6.07 Å². The number of hydrogen-bond donors (Lipinski definition) is 2. The number of benzene rings is 2. The lowest BCUT2D eigenvalue weighted by Gasteiger charge is -2.33. The van der Waals surface area contributed by atoms with E-state index in [1.165, 1.54) is 0 Å². The molecule has 2 heterocycles. The number of carbonyl (C=O) groups excluding carboxylic acids is 2. The van der Waals surface area contributed by atoms with Crippen molar-refractivity contribution in [2.45, 2.75) is 13.8 Å². The Labute approximate surface area is 194 Å². The van der Waals surface area contributed by atoms with Crippen molar-refractivity contribution in [2.24, 2.45) is 0 Å². The zero-order chi connectivity index (χ0) is 23.2. The summed E-state index contributed by atoms with van der Waals surface area (Å²) in [5.74, 6) is -0.523. The summed E-state index contributed by atoms with van der Waals surface area (Å²) >= 11 is 0. The standard InChI is InChI=1S/C25H32N4O4/c1-18-3-4-20(15-19(18)2)25(31)26-17-24(30)27-22-6-5-21(28-7-11-32-12-8-28)16-23(22)29-9-13-33-14-10-29/h3-6,15-16H,7-14,17H2,1-2H3,(H,26,31)(H,27,30). The second-order valence-electron chi connectivity index (χ2n) is 8.43. The predicted molar refractivity (Wildman–Crippen MR) is 129 cm³/mol. The van der Waals surface area contributed by atoms with Crippen LogP contribution in [0.4, 0.5) is 17.1 Å². The molecule has 8 nitrogen and oxygen atoms in total. The number of nitrogens with one attached hydrogen (secondary N) is 2. The second kappa shape index (κ2) is 10.7. The third kappa shape index (κ3) is 5.83. The number of rotatable bonds is 6. The molecule has 176 valence electrons. The molecule has 0 atom stereocenters. The van der Waals surface area contributed by atoms with E-state index in [1.807, 2.05) is 38.1 Å². The summed E-state index contributed by atoms with van der Waals surface area (Å²) in [4.78, 5) is 29.7. The van der Waals surface area contributed by atoms with Crippen molar-refractivity contribution < 1.29 is 19.1 Å². The van der Waals surface area contributed by atoms with E-state index in [4.69, 9.17) is 9.47 Å². The van der Waals surface area contributed by atoms with E-state index in [-0.39, 0.29) is 18.4 Å². The molecule has 8 heteroatoms. The lowest BCUT2D eigenvalue weighted by Crippen LogP contribution is -2.38. The number of amides is 2. The molecule has 2 fully saturated rings. The molecule has 4 rings (SSSR count). The zero-order valence-electron chi connectivity index (χ0n) is 19.4. The average Bonchev–Trinajstić information content (AvgIpc) is 2.85. The van der Waals surface area contributed by atoms with E-state index in [0.717, 1.165) is 54.4 Å². The van der Waals surface area contributed by atoms with Gasteiger partial charge in [0.1, 0.15) is 0 Å². The van der Waals surface area contributed by atoms with Crippen molar-refractivity contribution in [1.82, 2.24) is 5.32 Å². The summed E-state index contributed by atoms with van der Waals surface area (Å²) in [6.07, 6.45) is 0. The van der Waals surface area contributed by atoms with Crippen molar-refractivity contribution in [2.75, 3.05) is 74.3 Å². The molecule has 33 heavy (non-hydrogen) atoms. The maximum atomic E-state index is 12.7. The Kier molecular flexibility index (Phi) is 7.47. The molecule has 2 aromatic rings. The van der Waals surface area contributed by atoms with Gasteiger partial charge in [0, 0.05) is 37.4 Å². The van der Waals surface area contributed by atoms with E-state index in [9.17, 15) is 9.59 Å².